The van der Waals surface area contributed by atoms with E-state index in [0.29, 0.717) is 0 Å². The molecule has 6 nitrogen and oxygen atoms in total. The number of hydrogen-bond donors (Lipinski definition) is 1. The Kier molecular flexibility index (Phi) is 5.99. The lowest BCUT2D eigenvalue weighted by Gasteiger charge is -2.20. The highest BCUT2D eigenvalue weighted by Crippen LogP contribution is 2.08. The molecule has 1 N–H and O–H groups in total. The van der Waals surface area contributed by atoms with Gasteiger partial charge in [0.1, 0.15) is 5.82 Å². The Bertz CT molecular complexity index is 797. The van der Waals surface area contributed by atoms with E-state index in [9.17, 15) is 17.6 Å². The van der Waals surface area contributed by atoms with Gasteiger partial charge in [-0.05, 0) is 29.8 Å². The topological polar surface area (TPSA) is 79.4 Å². The maximum Gasteiger partial charge on any atom is 0.254 e. The van der Waals surface area contributed by atoms with Crippen molar-refractivity contribution in [1.82, 2.24) is 14.6 Å². The van der Waals surface area contributed by atoms with Crippen LogP contribution < -0.4 is 5.32 Å². The van der Waals surface area contributed by atoms with Crippen LogP contribution in [-0.4, -0.2) is 43.0 Å². The summed E-state index contributed by atoms with van der Waals surface area (Å²) in [6.45, 7) is 0.337. The Labute approximate surface area is 140 Å². The van der Waals surface area contributed by atoms with E-state index in [0.717, 1.165) is 11.8 Å². The molecule has 8 heteroatoms. The van der Waals surface area contributed by atoms with Crippen molar-refractivity contribution in [3.8, 4) is 0 Å². The van der Waals surface area contributed by atoms with Gasteiger partial charge in [-0.1, -0.05) is 12.1 Å². The minimum Gasteiger partial charge on any atom is -0.351 e. The largest absolute Gasteiger partial charge is 0.351 e. The summed E-state index contributed by atoms with van der Waals surface area (Å²) < 4.78 is 38.5. The summed E-state index contributed by atoms with van der Waals surface area (Å²) in [5, 5.41) is 2.53. The van der Waals surface area contributed by atoms with Crippen LogP contribution in [0, 0.1) is 5.82 Å². The average molecular weight is 351 g/mol. The van der Waals surface area contributed by atoms with Crippen molar-refractivity contribution in [3.63, 3.8) is 0 Å². The molecule has 24 heavy (non-hydrogen) atoms. The number of halogens is 1. The van der Waals surface area contributed by atoms with Gasteiger partial charge in [0.15, 0.2) is 0 Å². The highest BCUT2D eigenvalue weighted by atomic mass is 32.2. The summed E-state index contributed by atoms with van der Waals surface area (Å²) >= 11 is 0. The summed E-state index contributed by atoms with van der Waals surface area (Å²) in [4.78, 5) is 15.8. The van der Waals surface area contributed by atoms with E-state index in [2.05, 4.69) is 10.3 Å². The highest BCUT2D eigenvalue weighted by Gasteiger charge is 2.17. The van der Waals surface area contributed by atoms with E-state index >= 15 is 0 Å². The lowest BCUT2D eigenvalue weighted by molar-refractivity contribution is 0.0947. The summed E-state index contributed by atoms with van der Waals surface area (Å²) in [5.41, 5.74) is 0.716. The van der Waals surface area contributed by atoms with Crippen LogP contribution in [0.25, 0.3) is 0 Å². The summed E-state index contributed by atoms with van der Waals surface area (Å²) in [7, 11) is -3.45. The van der Waals surface area contributed by atoms with Gasteiger partial charge in [0, 0.05) is 32.0 Å². The average Bonchev–Trinajstić information content (AvgIpc) is 2.54. The second-order valence-electron chi connectivity index (χ2n) is 5.19. The maximum absolute atomic E-state index is 13.5. The summed E-state index contributed by atoms with van der Waals surface area (Å²) in [6.07, 6.45) is 4.26. The van der Waals surface area contributed by atoms with Gasteiger partial charge in [-0.2, -0.15) is 4.31 Å². The fraction of sp³-hybridized carbons (Fsp3) is 0.250. The Morgan fingerprint density at radius 3 is 2.50 bits per heavy atom. The smallest absolute Gasteiger partial charge is 0.254 e. The van der Waals surface area contributed by atoms with Crippen LogP contribution in [0.1, 0.15) is 15.9 Å². The predicted molar refractivity (Wildman–Crippen MR) is 88.2 cm³/mol. The standard InChI is InChI=1S/C16H18FN3O3S/c1-24(22,23)20(12-13-6-8-18-9-7-13)11-10-19-16(21)14-4-2-3-5-15(14)17/h2-9H,10-12H2,1H3,(H,19,21). The number of sulfonamides is 1. The molecule has 1 aromatic carbocycles. The van der Waals surface area contributed by atoms with Gasteiger partial charge in [0.05, 0.1) is 11.8 Å². The van der Waals surface area contributed by atoms with Crippen LogP contribution in [-0.2, 0) is 16.6 Å². The second kappa shape index (κ2) is 7.98. The molecule has 0 saturated carbocycles. The van der Waals surface area contributed by atoms with Crippen LogP contribution >= 0.6 is 0 Å². The molecular formula is C16H18FN3O3S. The molecule has 0 bridgehead atoms. The molecule has 0 unspecified atom stereocenters. The normalized spacial score (nSPS) is 11.5. The second-order valence-corrected chi connectivity index (χ2v) is 7.17. The maximum atomic E-state index is 13.5. The third kappa shape index (κ3) is 5.10. The minimum atomic E-state index is -3.45. The number of nitrogens with one attached hydrogen (secondary N) is 1. The number of pyridine rings is 1. The van der Waals surface area contributed by atoms with Crippen LogP contribution in [0.15, 0.2) is 48.8 Å². The lowest BCUT2D eigenvalue weighted by atomic mass is 10.2. The Hall–Kier alpha value is -2.32. The van der Waals surface area contributed by atoms with Crippen molar-refractivity contribution in [3.05, 3.63) is 65.7 Å². The molecule has 2 rings (SSSR count). The van der Waals surface area contributed by atoms with E-state index < -0.39 is 21.7 Å². The van der Waals surface area contributed by atoms with Gasteiger partial charge in [-0.3, -0.25) is 9.78 Å². The van der Waals surface area contributed by atoms with Gasteiger partial charge in [-0.25, -0.2) is 12.8 Å². The van der Waals surface area contributed by atoms with Crippen LogP contribution in [0.3, 0.4) is 0 Å². The van der Waals surface area contributed by atoms with E-state index in [-0.39, 0.29) is 25.2 Å². The van der Waals surface area contributed by atoms with Crippen LogP contribution in [0.2, 0.25) is 0 Å². The molecule has 0 fully saturated rings. The molecule has 128 valence electrons. The molecule has 0 spiro atoms. The molecule has 0 radical (unpaired) electrons. The first-order chi connectivity index (χ1) is 11.4. The number of carbonyl (C=O) groups excluding carboxylic acids is 1. The predicted octanol–water partition coefficient (Wildman–Crippen LogP) is 1.41. The fourth-order valence-corrected chi connectivity index (χ4v) is 2.90. The van der Waals surface area contributed by atoms with Crippen LogP contribution in [0.5, 0.6) is 0 Å². The number of hydrogen-bond acceptors (Lipinski definition) is 4. The summed E-state index contributed by atoms with van der Waals surface area (Å²) in [6, 6.07) is 9.06. The molecule has 1 heterocycles. The van der Waals surface area contributed by atoms with Gasteiger partial charge in [0.2, 0.25) is 10.0 Å². The fourth-order valence-electron chi connectivity index (χ4n) is 2.09. The van der Waals surface area contributed by atoms with Gasteiger partial charge in [0.25, 0.3) is 5.91 Å². The zero-order chi connectivity index (χ0) is 17.6. The minimum absolute atomic E-state index is 0.0717. The first-order valence-electron chi connectivity index (χ1n) is 7.24. The first kappa shape index (κ1) is 18.0. The Morgan fingerprint density at radius 2 is 1.88 bits per heavy atom. The quantitative estimate of drug-likeness (QED) is 0.818. The zero-order valence-electron chi connectivity index (χ0n) is 13.1. The highest BCUT2D eigenvalue weighted by molar-refractivity contribution is 7.88. The molecule has 0 saturated heterocycles. The number of benzene rings is 1. The van der Waals surface area contributed by atoms with Gasteiger partial charge < -0.3 is 5.32 Å². The molecule has 0 aliphatic carbocycles. The van der Waals surface area contributed by atoms with Crippen LogP contribution in [0.4, 0.5) is 4.39 Å². The number of carbonyl (C=O) groups is 1. The first-order valence-corrected chi connectivity index (χ1v) is 9.09. The van der Waals surface area contributed by atoms with E-state index in [4.69, 9.17) is 0 Å². The van der Waals surface area contributed by atoms with E-state index in [1.165, 1.54) is 22.5 Å². The zero-order valence-corrected chi connectivity index (χ0v) is 14.0. The number of amides is 1. The third-order valence-electron chi connectivity index (χ3n) is 3.34. The number of aromatic nitrogens is 1. The number of rotatable bonds is 7. The van der Waals surface area contributed by atoms with E-state index in [1.807, 2.05) is 0 Å². The molecule has 0 aliphatic heterocycles. The molecule has 0 aliphatic rings. The monoisotopic (exact) mass is 351 g/mol. The molecule has 0 atom stereocenters. The van der Waals surface area contributed by atoms with Crippen molar-refractivity contribution >= 4 is 15.9 Å². The van der Waals surface area contributed by atoms with Gasteiger partial charge in [-0.15, -0.1) is 0 Å². The van der Waals surface area contributed by atoms with Crippen molar-refractivity contribution in [1.29, 1.82) is 0 Å². The molecule has 1 amide bonds. The summed E-state index contributed by atoms with van der Waals surface area (Å²) in [5.74, 6) is -1.20. The SMILES string of the molecule is CS(=O)(=O)N(CCNC(=O)c1ccccc1F)Cc1ccncc1. The Balaban J connectivity index is 1.96. The van der Waals surface area contributed by atoms with Crippen molar-refractivity contribution < 1.29 is 17.6 Å². The molecular weight excluding hydrogens is 333 g/mol. The Morgan fingerprint density at radius 1 is 1.21 bits per heavy atom. The molecule has 1 aromatic heterocycles. The van der Waals surface area contributed by atoms with E-state index in [1.54, 1.807) is 30.6 Å². The van der Waals surface area contributed by atoms with Gasteiger partial charge >= 0.3 is 0 Å². The van der Waals surface area contributed by atoms with Crippen molar-refractivity contribution in [2.24, 2.45) is 0 Å². The van der Waals surface area contributed by atoms with Crippen molar-refractivity contribution in [2.75, 3.05) is 19.3 Å². The molecule has 2 aromatic rings. The van der Waals surface area contributed by atoms with Crippen molar-refractivity contribution in [2.45, 2.75) is 6.54 Å². The lowest BCUT2D eigenvalue weighted by Crippen LogP contribution is -2.37. The number of nitrogens with zero attached hydrogens (tertiary/aromatic N) is 2. The third-order valence-corrected chi connectivity index (χ3v) is 4.59.